The number of anilines is 1. The van der Waals surface area contributed by atoms with Gasteiger partial charge in [0.1, 0.15) is 6.54 Å². The van der Waals surface area contributed by atoms with E-state index >= 15 is 0 Å². The Hall–Kier alpha value is -1.93. The Balaban J connectivity index is 2.21. The first-order valence-corrected chi connectivity index (χ1v) is 8.82. The van der Waals surface area contributed by atoms with E-state index in [-0.39, 0.29) is 23.5 Å². The van der Waals surface area contributed by atoms with E-state index in [1.165, 1.54) is 13.0 Å². The molecule has 8 heteroatoms. The van der Waals surface area contributed by atoms with Gasteiger partial charge in [-0.2, -0.15) is 4.72 Å². The van der Waals surface area contributed by atoms with E-state index in [0.29, 0.717) is 6.42 Å². The fourth-order valence-corrected chi connectivity index (χ4v) is 3.72. The van der Waals surface area contributed by atoms with Gasteiger partial charge < -0.3 is 9.64 Å². The highest BCUT2D eigenvalue weighted by Crippen LogP contribution is 2.33. The van der Waals surface area contributed by atoms with Gasteiger partial charge in [0.15, 0.2) is 0 Å². The van der Waals surface area contributed by atoms with Crippen LogP contribution in [0.5, 0.6) is 0 Å². The Morgan fingerprint density at radius 3 is 2.70 bits per heavy atom. The number of carbonyl (C=O) groups is 2. The van der Waals surface area contributed by atoms with Crippen molar-refractivity contribution in [3.8, 4) is 0 Å². The third-order valence-electron chi connectivity index (χ3n) is 3.63. The molecule has 1 N–H and O–H groups in total. The fourth-order valence-electron chi connectivity index (χ4n) is 2.70. The third kappa shape index (κ3) is 3.70. The van der Waals surface area contributed by atoms with Crippen LogP contribution < -0.4 is 9.62 Å². The van der Waals surface area contributed by atoms with Crippen LogP contribution in [0.25, 0.3) is 0 Å². The Labute approximate surface area is 135 Å². The lowest BCUT2D eigenvalue weighted by molar-refractivity contribution is -0.141. The van der Waals surface area contributed by atoms with E-state index in [4.69, 9.17) is 4.74 Å². The summed E-state index contributed by atoms with van der Waals surface area (Å²) in [4.78, 5) is 24.7. The fraction of sp³-hybridized carbons (Fsp3) is 0.467. The Morgan fingerprint density at radius 2 is 2.09 bits per heavy atom. The lowest BCUT2D eigenvalue weighted by Gasteiger charge is -2.20. The summed E-state index contributed by atoms with van der Waals surface area (Å²) in [6.07, 6.45) is 0.593. The van der Waals surface area contributed by atoms with E-state index in [9.17, 15) is 18.0 Å². The van der Waals surface area contributed by atoms with Crippen molar-refractivity contribution in [2.45, 2.75) is 38.1 Å². The predicted molar refractivity (Wildman–Crippen MR) is 84.6 cm³/mol. The van der Waals surface area contributed by atoms with Crippen molar-refractivity contribution in [1.82, 2.24) is 4.72 Å². The first-order valence-electron chi connectivity index (χ1n) is 7.34. The van der Waals surface area contributed by atoms with Crippen LogP contribution in [0, 0.1) is 0 Å². The van der Waals surface area contributed by atoms with Crippen LogP contribution in [0.4, 0.5) is 5.69 Å². The van der Waals surface area contributed by atoms with Crippen molar-refractivity contribution < 1.29 is 22.7 Å². The van der Waals surface area contributed by atoms with Crippen LogP contribution in [-0.2, 0) is 30.8 Å². The zero-order valence-electron chi connectivity index (χ0n) is 13.3. The number of esters is 1. The van der Waals surface area contributed by atoms with Crippen LogP contribution in [0.2, 0.25) is 0 Å². The molecule has 1 amide bonds. The summed E-state index contributed by atoms with van der Waals surface area (Å²) in [6.45, 7) is 4.82. The lowest BCUT2D eigenvalue weighted by atomic mass is 10.1. The van der Waals surface area contributed by atoms with Crippen LogP contribution in [0.1, 0.15) is 26.3 Å². The minimum absolute atomic E-state index is 0.00653. The Kier molecular flexibility index (Phi) is 5.06. The number of ether oxygens (including phenoxy) is 1. The number of hydrogen-bond donors (Lipinski definition) is 1. The minimum atomic E-state index is -3.80. The molecule has 1 aromatic carbocycles. The monoisotopic (exact) mass is 340 g/mol. The van der Waals surface area contributed by atoms with Gasteiger partial charge in [0.25, 0.3) is 0 Å². The number of nitrogens with zero attached hydrogens (tertiary/aromatic N) is 1. The summed E-state index contributed by atoms with van der Waals surface area (Å²) in [7, 11) is -3.80. The summed E-state index contributed by atoms with van der Waals surface area (Å²) in [5.74, 6) is -0.707. The summed E-state index contributed by atoms with van der Waals surface area (Å²) in [5, 5.41) is 0. The standard InChI is InChI=1S/C15H20N2O5S/c1-4-22-15(19)9-16-23(20,21)13-5-6-14-12(8-13)7-10(2)17(14)11(3)18/h5-6,8,10,16H,4,7,9H2,1-3H3/t10-/m0/s1. The first kappa shape index (κ1) is 17.4. The number of carbonyl (C=O) groups excluding carboxylic acids is 2. The molecule has 1 heterocycles. The molecule has 0 aromatic heterocycles. The number of nitrogens with one attached hydrogen (secondary N) is 1. The van der Waals surface area contributed by atoms with E-state index in [2.05, 4.69) is 4.72 Å². The lowest BCUT2D eigenvalue weighted by Crippen LogP contribution is -2.33. The molecule has 0 saturated carbocycles. The van der Waals surface area contributed by atoms with Gasteiger partial charge in [-0.15, -0.1) is 0 Å². The maximum Gasteiger partial charge on any atom is 0.321 e. The number of hydrogen-bond acceptors (Lipinski definition) is 5. The van der Waals surface area contributed by atoms with Crippen LogP contribution in [0.3, 0.4) is 0 Å². The van der Waals surface area contributed by atoms with Gasteiger partial charge in [-0.3, -0.25) is 9.59 Å². The average molecular weight is 340 g/mol. The SMILES string of the molecule is CCOC(=O)CNS(=O)(=O)c1ccc2c(c1)C[C@H](C)N2C(C)=O. The van der Waals surface area contributed by atoms with Crippen molar-refractivity contribution >= 4 is 27.6 Å². The van der Waals surface area contributed by atoms with Gasteiger partial charge in [0.05, 0.1) is 11.5 Å². The predicted octanol–water partition coefficient (Wildman–Crippen LogP) is 0.825. The van der Waals surface area contributed by atoms with Gasteiger partial charge >= 0.3 is 5.97 Å². The molecule has 0 bridgehead atoms. The van der Waals surface area contributed by atoms with Crippen molar-refractivity contribution in [3.63, 3.8) is 0 Å². The second-order valence-electron chi connectivity index (χ2n) is 5.36. The Morgan fingerprint density at radius 1 is 1.39 bits per heavy atom. The average Bonchev–Trinajstić information content (AvgIpc) is 2.80. The number of benzene rings is 1. The van der Waals surface area contributed by atoms with Crippen molar-refractivity contribution in [3.05, 3.63) is 23.8 Å². The van der Waals surface area contributed by atoms with Crippen molar-refractivity contribution in [2.75, 3.05) is 18.1 Å². The molecule has 1 aliphatic heterocycles. The van der Waals surface area contributed by atoms with Gasteiger partial charge in [-0.25, -0.2) is 8.42 Å². The summed E-state index contributed by atoms with van der Waals surface area (Å²) in [6, 6.07) is 4.59. The van der Waals surface area contributed by atoms with Crippen molar-refractivity contribution in [1.29, 1.82) is 0 Å². The molecule has 23 heavy (non-hydrogen) atoms. The second-order valence-corrected chi connectivity index (χ2v) is 7.13. The zero-order chi connectivity index (χ0) is 17.2. The highest BCUT2D eigenvalue weighted by molar-refractivity contribution is 7.89. The van der Waals surface area contributed by atoms with Gasteiger partial charge in [0.2, 0.25) is 15.9 Å². The van der Waals surface area contributed by atoms with E-state index in [1.54, 1.807) is 24.0 Å². The molecule has 2 rings (SSSR count). The molecule has 1 atom stereocenters. The zero-order valence-corrected chi connectivity index (χ0v) is 14.1. The number of amides is 1. The van der Waals surface area contributed by atoms with Gasteiger partial charge in [-0.05, 0) is 44.0 Å². The van der Waals surface area contributed by atoms with Crippen LogP contribution in [-0.4, -0.2) is 39.5 Å². The normalized spacial score (nSPS) is 17.0. The number of sulfonamides is 1. The Bertz CT molecular complexity index is 729. The molecular weight excluding hydrogens is 320 g/mol. The summed E-state index contributed by atoms with van der Waals surface area (Å²) < 4.78 is 31.4. The molecule has 0 unspecified atom stereocenters. The highest BCUT2D eigenvalue weighted by Gasteiger charge is 2.30. The first-order chi connectivity index (χ1) is 10.8. The van der Waals surface area contributed by atoms with Crippen LogP contribution in [0.15, 0.2) is 23.1 Å². The molecule has 0 fully saturated rings. The highest BCUT2D eigenvalue weighted by atomic mass is 32.2. The maximum absolute atomic E-state index is 12.2. The van der Waals surface area contributed by atoms with E-state index in [1.807, 2.05) is 6.92 Å². The van der Waals surface area contributed by atoms with Crippen LogP contribution >= 0.6 is 0 Å². The van der Waals surface area contributed by atoms with E-state index in [0.717, 1.165) is 11.3 Å². The molecule has 0 radical (unpaired) electrons. The topological polar surface area (TPSA) is 92.8 Å². The second kappa shape index (κ2) is 6.67. The molecule has 1 aromatic rings. The van der Waals surface area contributed by atoms with Crippen molar-refractivity contribution in [2.24, 2.45) is 0 Å². The minimum Gasteiger partial charge on any atom is -0.465 e. The third-order valence-corrected chi connectivity index (χ3v) is 5.03. The molecule has 0 spiro atoms. The molecule has 0 aliphatic carbocycles. The maximum atomic E-state index is 12.2. The van der Waals surface area contributed by atoms with Gasteiger partial charge in [0, 0.05) is 18.7 Å². The molecule has 126 valence electrons. The quantitative estimate of drug-likeness (QED) is 0.801. The molecule has 7 nitrogen and oxygen atoms in total. The number of rotatable bonds is 5. The largest absolute Gasteiger partial charge is 0.465 e. The summed E-state index contributed by atoms with van der Waals surface area (Å²) >= 11 is 0. The van der Waals surface area contributed by atoms with E-state index < -0.39 is 22.5 Å². The molecular formula is C15H20N2O5S. The van der Waals surface area contributed by atoms with Gasteiger partial charge in [-0.1, -0.05) is 0 Å². The smallest absolute Gasteiger partial charge is 0.321 e. The summed E-state index contributed by atoms with van der Waals surface area (Å²) in [5.41, 5.74) is 1.53. The molecule has 0 saturated heterocycles. The number of fused-ring (bicyclic) bond motifs is 1. The molecule has 1 aliphatic rings.